The predicted octanol–water partition coefficient (Wildman–Crippen LogP) is 12.2. The zero-order valence-electron chi connectivity index (χ0n) is 27.7. The van der Waals surface area contributed by atoms with Crippen molar-refractivity contribution in [2.24, 2.45) is 0 Å². The molecule has 0 saturated carbocycles. The van der Waals surface area contributed by atoms with Crippen molar-refractivity contribution in [1.82, 2.24) is 4.57 Å². The lowest BCUT2D eigenvalue weighted by molar-refractivity contribution is -0.695. The minimum absolute atomic E-state index is 1.000. The SMILES string of the molecule is CCCCCCCCCCCCCCCCCCCc1n(CCCCCCCCCC)cc[n+]1Cc1ccccc1. The van der Waals surface area contributed by atoms with Crippen LogP contribution in [0.15, 0.2) is 42.7 Å². The minimum atomic E-state index is 1.000. The maximum Gasteiger partial charge on any atom is 0.256 e. The van der Waals surface area contributed by atoms with Gasteiger partial charge in [-0.05, 0) is 24.8 Å². The Hall–Kier alpha value is -1.57. The van der Waals surface area contributed by atoms with Crippen LogP contribution in [0.1, 0.15) is 186 Å². The lowest BCUT2D eigenvalue weighted by atomic mass is 10.0. The molecule has 0 amide bonds. The number of aryl methyl sites for hydroxylation is 1. The summed E-state index contributed by atoms with van der Waals surface area (Å²) in [6.45, 7) is 6.80. The van der Waals surface area contributed by atoms with Gasteiger partial charge in [0, 0.05) is 6.42 Å². The summed E-state index contributed by atoms with van der Waals surface area (Å²) in [4.78, 5) is 0. The average Bonchev–Trinajstić information content (AvgIpc) is 3.37. The number of benzene rings is 1. The normalized spacial score (nSPS) is 11.5. The number of aromatic nitrogens is 2. The molecular weight excluding hydrogens is 496 g/mol. The van der Waals surface area contributed by atoms with E-state index in [0.717, 1.165) is 6.54 Å². The molecule has 1 aromatic heterocycles. The van der Waals surface area contributed by atoms with Crippen LogP contribution in [-0.2, 0) is 19.5 Å². The summed E-state index contributed by atoms with van der Waals surface area (Å²) in [6, 6.07) is 11.0. The lowest BCUT2D eigenvalue weighted by Crippen LogP contribution is -2.37. The number of hydrogen-bond acceptors (Lipinski definition) is 0. The van der Waals surface area contributed by atoms with Crippen LogP contribution in [0.25, 0.3) is 0 Å². The molecular formula is C39H69N2+. The number of unbranched alkanes of at least 4 members (excludes halogenated alkanes) is 23. The number of imidazole rings is 1. The Bertz CT molecular complexity index is 808. The van der Waals surface area contributed by atoms with Crippen LogP contribution in [0.4, 0.5) is 0 Å². The van der Waals surface area contributed by atoms with E-state index >= 15 is 0 Å². The Balaban J connectivity index is 1.57. The Morgan fingerprint density at radius 3 is 1.37 bits per heavy atom. The molecule has 0 saturated heterocycles. The van der Waals surface area contributed by atoms with Gasteiger partial charge >= 0.3 is 0 Å². The number of rotatable bonds is 29. The first kappa shape index (κ1) is 35.6. The highest BCUT2D eigenvalue weighted by Gasteiger charge is 2.17. The molecule has 2 rings (SSSR count). The summed E-state index contributed by atoms with van der Waals surface area (Å²) in [7, 11) is 0. The fourth-order valence-electron chi connectivity index (χ4n) is 6.34. The van der Waals surface area contributed by atoms with Gasteiger partial charge in [0.1, 0.15) is 18.9 Å². The van der Waals surface area contributed by atoms with Crippen molar-refractivity contribution in [2.75, 3.05) is 0 Å². The van der Waals surface area contributed by atoms with Crippen LogP contribution in [0, 0.1) is 0 Å². The Labute approximate surface area is 256 Å². The molecule has 41 heavy (non-hydrogen) atoms. The third-order valence-corrected chi connectivity index (χ3v) is 9.04. The molecule has 0 atom stereocenters. The standard InChI is InChI=1S/C39H69N2/c1-3-5-7-9-11-13-14-15-16-17-18-19-20-21-22-24-29-33-39-40(34-30-25-23-12-10-8-6-4-2)35-36-41(39)37-38-31-27-26-28-32-38/h26-28,31-32,35-36H,3-25,29-30,33-34,37H2,1-2H3/q+1. The van der Waals surface area contributed by atoms with E-state index in [1.54, 1.807) is 0 Å². The largest absolute Gasteiger partial charge is 0.256 e. The van der Waals surface area contributed by atoms with Gasteiger partial charge in [-0.15, -0.1) is 0 Å². The monoisotopic (exact) mass is 566 g/mol. The van der Waals surface area contributed by atoms with Crippen molar-refractivity contribution < 1.29 is 4.57 Å². The fourth-order valence-corrected chi connectivity index (χ4v) is 6.34. The molecule has 0 aliphatic carbocycles. The number of nitrogens with zero attached hydrogens (tertiary/aromatic N) is 2. The maximum atomic E-state index is 2.58. The molecule has 0 aliphatic heterocycles. The van der Waals surface area contributed by atoms with Gasteiger partial charge in [0.15, 0.2) is 0 Å². The second kappa shape index (κ2) is 26.1. The molecule has 2 aromatic rings. The van der Waals surface area contributed by atoms with Crippen molar-refractivity contribution in [3.63, 3.8) is 0 Å². The van der Waals surface area contributed by atoms with Gasteiger partial charge in [0.2, 0.25) is 0 Å². The molecule has 0 radical (unpaired) electrons. The molecule has 0 unspecified atom stereocenters. The van der Waals surface area contributed by atoms with Crippen LogP contribution >= 0.6 is 0 Å². The highest BCUT2D eigenvalue weighted by Crippen LogP contribution is 2.15. The van der Waals surface area contributed by atoms with E-state index < -0.39 is 0 Å². The van der Waals surface area contributed by atoms with Crippen LogP contribution in [0.2, 0.25) is 0 Å². The first-order chi connectivity index (χ1) is 20.3. The topological polar surface area (TPSA) is 8.81 Å². The molecule has 0 bridgehead atoms. The third-order valence-electron chi connectivity index (χ3n) is 9.04. The highest BCUT2D eigenvalue weighted by molar-refractivity contribution is 5.13. The van der Waals surface area contributed by atoms with Crippen molar-refractivity contribution in [1.29, 1.82) is 0 Å². The molecule has 1 heterocycles. The fraction of sp³-hybridized carbons (Fsp3) is 0.769. The van der Waals surface area contributed by atoms with E-state index in [4.69, 9.17) is 0 Å². The summed E-state index contributed by atoms with van der Waals surface area (Å²) in [5, 5.41) is 0. The molecule has 0 aliphatic rings. The van der Waals surface area contributed by atoms with E-state index in [0.29, 0.717) is 0 Å². The van der Waals surface area contributed by atoms with Gasteiger partial charge in [-0.1, -0.05) is 185 Å². The van der Waals surface area contributed by atoms with Gasteiger partial charge < -0.3 is 0 Å². The van der Waals surface area contributed by atoms with E-state index in [1.165, 1.54) is 185 Å². The second-order valence-electron chi connectivity index (χ2n) is 12.9. The molecule has 234 valence electrons. The van der Waals surface area contributed by atoms with Gasteiger partial charge in [0.25, 0.3) is 5.82 Å². The predicted molar refractivity (Wildman–Crippen MR) is 181 cm³/mol. The summed E-state index contributed by atoms with van der Waals surface area (Å²) in [5.74, 6) is 1.54. The number of hydrogen-bond donors (Lipinski definition) is 0. The van der Waals surface area contributed by atoms with Gasteiger partial charge in [-0.25, -0.2) is 9.13 Å². The van der Waals surface area contributed by atoms with Crippen molar-refractivity contribution in [3.8, 4) is 0 Å². The minimum Gasteiger partial charge on any atom is -0.234 e. The smallest absolute Gasteiger partial charge is 0.234 e. The summed E-state index contributed by atoms with van der Waals surface area (Å²) < 4.78 is 5.10. The van der Waals surface area contributed by atoms with E-state index in [2.05, 4.69) is 65.7 Å². The van der Waals surface area contributed by atoms with E-state index in [9.17, 15) is 0 Å². The summed E-state index contributed by atoms with van der Waals surface area (Å²) in [5.41, 5.74) is 1.41. The second-order valence-corrected chi connectivity index (χ2v) is 12.9. The Morgan fingerprint density at radius 1 is 0.488 bits per heavy atom. The lowest BCUT2D eigenvalue weighted by Gasteiger charge is -2.07. The Morgan fingerprint density at radius 2 is 0.902 bits per heavy atom. The van der Waals surface area contributed by atoms with E-state index in [-0.39, 0.29) is 0 Å². The van der Waals surface area contributed by atoms with Crippen molar-refractivity contribution in [2.45, 2.75) is 194 Å². The Kier molecular flexibility index (Phi) is 22.7. The van der Waals surface area contributed by atoms with Crippen molar-refractivity contribution >= 4 is 0 Å². The van der Waals surface area contributed by atoms with Crippen molar-refractivity contribution in [3.05, 3.63) is 54.1 Å². The zero-order chi connectivity index (χ0) is 29.1. The van der Waals surface area contributed by atoms with Crippen LogP contribution < -0.4 is 4.57 Å². The van der Waals surface area contributed by atoms with Gasteiger partial charge in [-0.2, -0.15) is 0 Å². The zero-order valence-corrected chi connectivity index (χ0v) is 27.7. The van der Waals surface area contributed by atoms with Crippen LogP contribution in [0.3, 0.4) is 0 Å². The molecule has 0 N–H and O–H groups in total. The highest BCUT2D eigenvalue weighted by atomic mass is 15.1. The first-order valence-electron chi connectivity index (χ1n) is 18.5. The maximum absolute atomic E-state index is 2.58. The summed E-state index contributed by atoms with van der Waals surface area (Å²) >= 11 is 0. The summed E-state index contributed by atoms with van der Waals surface area (Å²) in [6.07, 6.45) is 41.5. The molecule has 0 spiro atoms. The molecule has 2 nitrogen and oxygen atoms in total. The molecule has 1 aromatic carbocycles. The molecule has 2 heteroatoms. The van der Waals surface area contributed by atoms with Gasteiger partial charge in [0.05, 0.1) is 6.54 Å². The van der Waals surface area contributed by atoms with Crippen LogP contribution in [0.5, 0.6) is 0 Å². The van der Waals surface area contributed by atoms with E-state index in [1.807, 2.05) is 0 Å². The quantitative estimate of drug-likeness (QED) is 0.0685. The van der Waals surface area contributed by atoms with Crippen LogP contribution in [-0.4, -0.2) is 4.57 Å². The third kappa shape index (κ3) is 18.6. The first-order valence-corrected chi connectivity index (χ1v) is 18.5. The molecule has 0 fully saturated rings. The van der Waals surface area contributed by atoms with Gasteiger partial charge in [-0.3, -0.25) is 0 Å². The average molecular weight is 566 g/mol.